The molecule has 0 radical (unpaired) electrons. The minimum absolute atomic E-state index is 0.0599. The summed E-state index contributed by atoms with van der Waals surface area (Å²) in [6.45, 7) is 2.50. The smallest absolute Gasteiger partial charge is 0.254 e. The van der Waals surface area contributed by atoms with E-state index in [2.05, 4.69) is 15.5 Å². The molecule has 0 heterocycles. The second-order valence-electron chi connectivity index (χ2n) is 6.23. The maximum Gasteiger partial charge on any atom is 0.254 e. The monoisotopic (exact) mass is 375 g/mol. The molecule has 2 aromatic carbocycles. The predicted molar refractivity (Wildman–Crippen MR) is 101 cm³/mol. The summed E-state index contributed by atoms with van der Waals surface area (Å²) in [5, 5.41) is 5.26. The molecule has 1 unspecified atom stereocenters. The number of anilines is 1. The summed E-state index contributed by atoms with van der Waals surface area (Å²) in [6, 6.07) is 12.6. The third-order valence-electron chi connectivity index (χ3n) is 4.23. The summed E-state index contributed by atoms with van der Waals surface area (Å²) in [5.74, 6) is -2.59. The minimum Gasteiger partial charge on any atom is -0.370 e. The molecular formula is C20H23F2N3O2. The number of amides is 2. The Bertz CT molecular complexity index is 784. The van der Waals surface area contributed by atoms with Crippen LogP contribution in [0.3, 0.4) is 0 Å². The summed E-state index contributed by atoms with van der Waals surface area (Å²) < 4.78 is 26.4. The standard InChI is InChI=1S/C20H23F2N3O2/c1-14(25(2)16-6-4-3-5-7-16)13-24-19(26)10-11-23-20(27)17-9-8-15(21)12-18(17)22/h3-9,12,14H,10-11,13H2,1-2H3,(H,23,27)(H,24,26). The number of benzene rings is 2. The zero-order chi connectivity index (χ0) is 19.8. The van der Waals surface area contributed by atoms with Crippen LogP contribution in [0.15, 0.2) is 48.5 Å². The van der Waals surface area contributed by atoms with E-state index in [1.807, 2.05) is 44.3 Å². The highest BCUT2D eigenvalue weighted by atomic mass is 19.1. The van der Waals surface area contributed by atoms with Gasteiger partial charge in [-0.1, -0.05) is 18.2 Å². The third-order valence-corrected chi connectivity index (χ3v) is 4.23. The maximum absolute atomic E-state index is 13.5. The minimum atomic E-state index is -0.935. The van der Waals surface area contributed by atoms with E-state index in [0.29, 0.717) is 12.6 Å². The van der Waals surface area contributed by atoms with E-state index in [9.17, 15) is 18.4 Å². The number of nitrogens with zero attached hydrogens (tertiary/aromatic N) is 1. The molecule has 2 rings (SSSR count). The van der Waals surface area contributed by atoms with Crippen molar-refractivity contribution in [3.8, 4) is 0 Å². The fourth-order valence-corrected chi connectivity index (χ4v) is 2.46. The molecule has 2 amide bonds. The van der Waals surface area contributed by atoms with Gasteiger partial charge in [-0.3, -0.25) is 9.59 Å². The number of para-hydroxylation sites is 1. The first-order valence-electron chi connectivity index (χ1n) is 8.66. The summed E-state index contributed by atoms with van der Waals surface area (Å²) >= 11 is 0. The number of likely N-dealkylation sites (N-methyl/N-ethyl adjacent to an activating group) is 1. The highest BCUT2D eigenvalue weighted by Gasteiger charge is 2.14. The topological polar surface area (TPSA) is 61.4 Å². The molecule has 0 aromatic heterocycles. The summed E-state index contributed by atoms with van der Waals surface area (Å²) in [6.07, 6.45) is 0.0658. The van der Waals surface area contributed by atoms with Gasteiger partial charge in [-0.25, -0.2) is 8.78 Å². The summed E-state index contributed by atoms with van der Waals surface area (Å²) in [5.41, 5.74) is 0.794. The fraction of sp³-hybridized carbons (Fsp3) is 0.300. The highest BCUT2D eigenvalue weighted by molar-refractivity contribution is 5.94. The largest absolute Gasteiger partial charge is 0.370 e. The van der Waals surface area contributed by atoms with Crippen molar-refractivity contribution in [1.82, 2.24) is 10.6 Å². The Balaban J connectivity index is 1.72. The van der Waals surface area contributed by atoms with Gasteiger partial charge < -0.3 is 15.5 Å². The summed E-state index contributed by atoms with van der Waals surface area (Å²) in [7, 11) is 1.95. The van der Waals surface area contributed by atoms with Gasteiger partial charge in [0.05, 0.1) is 5.56 Å². The van der Waals surface area contributed by atoms with E-state index >= 15 is 0 Å². The van der Waals surface area contributed by atoms with E-state index in [1.165, 1.54) is 0 Å². The molecule has 5 nitrogen and oxygen atoms in total. The molecule has 0 saturated heterocycles. The van der Waals surface area contributed by atoms with Gasteiger partial charge in [0, 0.05) is 44.4 Å². The van der Waals surface area contributed by atoms with Crippen LogP contribution in [0.4, 0.5) is 14.5 Å². The van der Waals surface area contributed by atoms with E-state index < -0.39 is 17.5 Å². The Labute approximate surface area is 157 Å². The average Bonchev–Trinajstić information content (AvgIpc) is 2.66. The van der Waals surface area contributed by atoms with Crippen molar-refractivity contribution in [2.24, 2.45) is 0 Å². The normalized spacial score (nSPS) is 11.6. The van der Waals surface area contributed by atoms with E-state index in [-0.39, 0.29) is 30.5 Å². The van der Waals surface area contributed by atoms with Gasteiger partial charge in [0.2, 0.25) is 5.91 Å². The molecule has 0 spiro atoms. The molecule has 0 aliphatic carbocycles. The molecule has 7 heteroatoms. The zero-order valence-electron chi connectivity index (χ0n) is 15.3. The van der Waals surface area contributed by atoms with Crippen LogP contribution in [0.5, 0.6) is 0 Å². The van der Waals surface area contributed by atoms with Crippen molar-refractivity contribution < 1.29 is 18.4 Å². The van der Waals surface area contributed by atoms with Crippen LogP contribution in [0.1, 0.15) is 23.7 Å². The van der Waals surface area contributed by atoms with Gasteiger partial charge in [0.15, 0.2) is 0 Å². The number of rotatable bonds is 8. The van der Waals surface area contributed by atoms with Crippen LogP contribution in [-0.4, -0.2) is 38.0 Å². The lowest BCUT2D eigenvalue weighted by molar-refractivity contribution is -0.121. The van der Waals surface area contributed by atoms with Gasteiger partial charge in [-0.15, -0.1) is 0 Å². The molecule has 0 fully saturated rings. The first kappa shape index (κ1) is 20.4. The molecule has 0 saturated carbocycles. The molecule has 0 bridgehead atoms. The van der Waals surface area contributed by atoms with E-state index in [4.69, 9.17) is 0 Å². The van der Waals surface area contributed by atoms with Crippen LogP contribution in [0.2, 0.25) is 0 Å². The first-order valence-corrected chi connectivity index (χ1v) is 8.66. The lowest BCUT2D eigenvalue weighted by Gasteiger charge is -2.27. The predicted octanol–water partition coefficient (Wildman–Crippen LogP) is 2.73. The lowest BCUT2D eigenvalue weighted by Crippen LogP contribution is -2.41. The van der Waals surface area contributed by atoms with Crippen LogP contribution in [0, 0.1) is 11.6 Å². The lowest BCUT2D eigenvalue weighted by atomic mass is 10.2. The molecule has 2 aromatic rings. The maximum atomic E-state index is 13.5. The number of carbonyl (C=O) groups excluding carboxylic acids is 2. The number of hydrogen-bond acceptors (Lipinski definition) is 3. The first-order chi connectivity index (χ1) is 12.9. The number of hydrogen-bond donors (Lipinski definition) is 2. The van der Waals surface area contributed by atoms with Crippen molar-refractivity contribution in [3.05, 3.63) is 65.7 Å². The summed E-state index contributed by atoms with van der Waals surface area (Å²) in [4.78, 5) is 25.8. The van der Waals surface area contributed by atoms with Gasteiger partial charge in [-0.2, -0.15) is 0 Å². The molecule has 144 valence electrons. The Morgan fingerprint density at radius 1 is 1.07 bits per heavy atom. The van der Waals surface area contributed by atoms with Crippen molar-refractivity contribution in [1.29, 1.82) is 0 Å². The van der Waals surface area contributed by atoms with Gasteiger partial charge >= 0.3 is 0 Å². The van der Waals surface area contributed by atoms with Crippen molar-refractivity contribution in [2.75, 3.05) is 25.0 Å². The highest BCUT2D eigenvalue weighted by Crippen LogP contribution is 2.13. The Morgan fingerprint density at radius 3 is 2.44 bits per heavy atom. The fourth-order valence-electron chi connectivity index (χ4n) is 2.46. The second kappa shape index (κ2) is 9.66. The average molecular weight is 375 g/mol. The second-order valence-corrected chi connectivity index (χ2v) is 6.23. The molecule has 27 heavy (non-hydrogen) atoms. The SMILES string of the molecule is CC(CNC(=O)CCNC(=O)c1ccc(F)cc1F)N(C)c1ccccc1. The van der Waals surface area contributed by atoms with Crippen LogP contribution in [0.25, 0.3) is 0 Å². The molecule has 0 aliphatic heterocycles. The number of halogens is 2. The molecular weight excluding hydrogens is 352 g/mol. The molecule has 0 aliphatic rings. The molecule has 2 N–H and O–H groups in total. The van der Waals surface area contributed by atoms with Crippen molar-refractivity contribution in [3.63, 3.8) is 0 Å². The zero-order valence-corrected chi connectivity index (χ0v) is 15.3. The van der Waals surface area contributed by atoms with Gasteiger partial charge in [0.25, 0.3) is 5.91 Å². The Kier molecular flexibility index (Phi) is 7.28. The van der Waals surface area contributed by atoms with Gasteiger partial charge in [-0.05, 0) is 31.2 Å². The van der Waals surface area contributed by atoms with Crippen LogP contribution in [-0.2, 0) is 4.79 Å². The number of carbonyl (C=O) groups is 2. The molecule has 1 atom stereocenters. The van der Waals surface area contributed by atoms with E-state index in [0.717, 1.165) is 17.8 Å². The Morgan fingerprint density at radius 2 is 1.78 bits per heavy atom. The quantitative estimate of drug-likeness (QED) is 0.746. The third kappa shape index (κ3) is 6.06. The number of nitrogens with one attached hydrogen (secondary N) is 2. The van der Waals surface area contributed by atoms with Crippen LogP contribution >= 0.6 is 0 Å². The van der Waals surface area contributed by atoms with Gasteiger partial charge in [0.1, 0.15) is 11.6 Å². The van der Waals surface area contributed by atoms with Crippen LogP contribution < -0.4 is 15.5 Å². The van der Waals surface area contributed by atoms with E-state index in [1.54, 1.807) is 0 Å². The Hall–Kier alpha value is -2.96. The van der Waals surface area contributed by atoms with Crippen molar-refractivity contribution in [2.45, 2.75) is 19.4 Å². The van der Waals surface area contributed by atoms with Crippen molar-refractivity contribution >= 4 is 17.5 Å².